The summed E-state index contributed by atoms with van der Waals surface area (Å²) in [4.78, 5) is 0. The van der Waals surface area contributed by atoms with Crippen molar-refractivity contribution in [2.75, 3.05) is 25.4 Å². The van der Waals surface area contributed by atoms with Gasteiger partial charge in [0.25, 0.3) is 0 Å². The van der Waals surface area contributed by atoms with E-state index in [1.807, 2.05) is 0 Å². The summed E-state index contributed by atoms with van der Waals surface area (Å²) in [7, 11) is 0. The third-order valence-electron chi connectivity index (χ3n) is 2.77. The van der Waals surface area contributed by atoms with Crippen molar-refractivity contribution < 1.29 is 4.48 Å². The summed E-state index contributed by atoms with van der Waals surface area (Å²) in [5.41, 5.74) is 0. The summed E-state index contributed by atoms with van der Waals surface area (Å²) in [6.45, 7) is 12.2. The van der Waals surface area contributed by atoms with E-state index in [2.05, 4.69) is 39.0 Å². The minimum Gasteiger partial charge on any atom is -0.246 e. The second-order valence-corrected chi connectivity index (χ2v) is 4.41. The van der Waals surface area contributed by atoms with Gasteiger partial charge in [-0.25, -0.2) is 4.48 Å². The van der Waals surface area contributed by atoms with E-state index >= 15 is 0 Å². The molecule has 0 aliphatic rings. The molecule has 0 aromatic carbocycles. The summed E-state index contributed by atoms with van der Waals surface area (Å²) in [6.07, 6.45) is 2.55. The lowest BCUT2D eigenvalue weighted by atomic mass is 10.4. The first kappa shape index (κ1) is 13.9. The van der Waals surface area contributed by atoms with E-state index in [4.69, 9.17) is 0 Å². The van der Waals surface area contributed by atoms with Crippen molar-refractivity contribution in [3.8, 4) is 11.3 Å². The van der Waals surface area contributed by atoms with Crippen molar-refractivity contribution >= 4 is 11.8 Å². The largest absolute Gasteiger partial charge is 0.246 e. The molecule has 0 aliphatic carbocycles. The third kappa shape index (κ3) is 4.93. The molecule has 0 aromatic rings. The van der Waals surface area contributed by atoms with Crippen LogP contribution in [0.3, 0.4) is 0 Å². The smallest absolute Gasteiger partial charge is 0.149 e. The molecule has 0 atom stereocenters. The molecule has 14 heavy (non-hydrogen) atoms. The molecule has 0 aliphatic heterocycles. The highest BCUT2D eigenvalue weighted by molar-refractivity contribution is 8.03. The van der Waals surface area contributed by atoms with E-state index in [-0.39, 0.29) is 0 Å². The van der Waals surface area contributed by atoms with Gasteiger partial charge in [0.2, 0.25) is 0 Å². The second-order valence-electron chi connectivity index (χ2n) is 3.51. The lowest BCUT2D eigenvalue weighted by Crippen LogP contribution is -2.42. The van der Waals surface area contributed by atoms with Crippen LogP contribution in [0.4, 0.5) is 0 Å². The highest BCUT2D eigenvalue weighted by Crippen LogP contribution is 2.06. The summed E-state index contributed by atoms with van der Waals surface area (Å²) in [5.74, 6) is 1.18. The minimum atomic E-state index is 0.944. The molecule has 82 valence electrons. The fourth-order valence-electron chi connectivity index (χ4n) is 1.30. The fraction of sp³-hybridized carbons (Fsp3) is 0.833. The summed E-state index contributed by atoms with van der Waals surface area (Å²) in [5, 5.41) is 3.25. The molecule has 0 amide bonds. The number of quaternary nitrogens is 1. The summed E-state index contributed by atoms with van der Waals surface area (Å²) < 4.78 is 0.944. The van der Waals surface area contributed by atoms with Crippen LogP contribution in [0.1, 0.15) is 40.5 Å². The molecule has 0 bridgehead atoms. The Hall–Kier alpha value is -0.130. The van der Waals surface area contributed by atoms with Gasteiger partial charge >= 0.3 is 0 Å². The van der Waals surface area contributed by atoms with Crippen LogP contribution in [0.5, 0.6) is 0 Å². The number of thioether (sulfide) groups is 1. The van der Waals surface area contributed by atoms with Gasteiger partial charge in [-0.1, -0.05) is 25.1 Å². The Morgan fingerprint density at radius 1 is 1.00 bits per heavy atom. The number of rotatable bonds is 6. The van der Waals surface area contributed by atoms with Crippen molar-refractivity contribution in [3.05, 3.63) is 0 Å². The summed E-state index contributed by atoms with van der Waals surface area (Å²) in [6, 6.07) is 3.39. The maximum Gasteiger partial charge on any atom is 0.149 e. The lowest BCUT2D eigenvalue weighted by molar-refractivity contribution is -0.858. The molecule has 0 unspecified atom stereocenters. The zero-order chi connectivity index (χ0) is 10.9. The van der Waals surface area contributed by atoms with E-state index in [9.17, 15) is 0 Å². The molecule has 0 rings (SSSR count). The van der Waals surface area contributed by atoms with Crippen molar-refractivity contribution in [2.45, 2.75) is 40.5 Å². The molecular weight excluding hydrogens is 190 g/mol. The standard InChI is InChI=1S/C12H24NS/c1-5-9-11-14-12-10-13(6-2,7-3)8-4/h5-9,11H2,1-4H3/q+1. The van der Waals surface area contributed by atoms with Crippen molar-refractivity contribution in [1.29, 1.82) is 0 Å². The molecule has 2 heteroatoms. The molecule has 0 heterocycles. The van der Waals surface area contributed by atoms with Gasteiger partial charge in [-0.15, -0.1) is 0 Å². The third-order valence-corrected chi connectivity index (χ3v) is 3.50. The first-order chi connectivity index (χ1) is 6.74. The molecule has 0 radical (unpaired) electrons. The molecular formula is C12H24NS+. The van der Waals surface area contributed by atoms with Crippen LogP contribution in [0.2, 0.25) is 0 Å². The molecule has 0 saturated heterocycles. The predicted molar refractivity (Wildman–Crippen MR) is 67.0 cm³/mol. The normalized spacial score (nSPS) is 10.9. The van der Waals surface area contributed by atoms with Crippen molar-refractivity contribution in [2.24, 2.45) is 0 Å². The highest BCUT2D eigenvalue weighted by atomic mass is 32.2. The van der Waals surface area contributed by atoms with Gasteiger partial charge in [0.15, 0.2) is 0 Å². The topological polar surface area (TPSA) is 0 Å². The second kappa shape index (κ2) is 8.20. The highest BCUT2D eigenvalue weighted by Gasteiger charge is 2.17. The Kier molecular flexibility index (Phi) is 8.12. The van der Waals surface area contributed by atoms with Gasteiger partial charge in [-0.2, -0.15) is 0 Å². The number of hydrogen-bond donors (Lipinski definition) is 0. The van der Waals surface area contributed by atoms with E-state index in [1.165, 1.54) is 18.6 Å². The van der Waals surface area contributed by atoms with Crippen molar-refractivity contribution in [1.82, 2.24) is 0 Å². The first-order valence-corrected chi connectivity index (χ1v) is 6.73. The van der Waals surface area contributed by atoms with Gasteiger partial charge in [0.05, 0.1) is 19.6 Å². The van der Waals surface area contributed by atoms with E-state index < -0.39 is 0 Å². The molecule has 0 saturated carbocycles. The van der Waals surface area contributed by atoms with E-state index in [0.29, 0.717) is 0 Å². The average Bonchev–Trinajstić information content (AvgIpc) is 2.24. The van der Waals surface area contributed by atoms with Gasteiger partial charge in [-0.3, -0.25) is 0 Å². The van der Waals surface area contributed by atoms with Gasteiger partial charge in [0, 0.05) is 11.0 Å². The Morgan fingerprint density at radius 3 is 2.00 bits per heavy atom. The Bertz CT molecular complexity index is 178. The Balaban J connectivity index is 4.00. The first-order valence-electron chi connectivity index (χ1n) is 5.74. The molecule has 0 aromatic heterocycles. The van der Waals surface area contributed by atoms with Gasteiger partial charge in [0.1, 0.15) is 6.04 Å². The zero-order valence-corrected chi connectivity index (χ0v) is 10.9. The van der Waals surface area contributed by atoms with Crippen LogP contribution < -0.4 is 0 Å². The van der Waals surface area contributed by atoms with Crippen LogP contribution >= 0.6 is 11.8 Å². The van der Waals surface area contributed by atoms with Crippen LogP contribution in [0.15, 0.2) is 0 Å². The van der Waals surface area contributed by atoms with Crippen LogP contribution in [-0.4, -0.2) is 29.9 Å². The van der Waals surface area contributed by atoms with Crippen LogP contribution in [0, 0.1) is 11.3 Å². The minimum absolute atomic E-state index is 0.944. The maximum absolute atomic E-state index is 3.39. The Labute approximate surface area is 93.8 Å². The predicted octanol–water partition coefficient (Wildman–Crippen LogP) is 3.31. The fourth-order valence-corrected chi connectivity index (χ4v) is 2.10. The SMILES string of the molecule is CCCCSC#C[N+](CC)(CC)CC. The van der Waals surface area contributed by atoms with Crippen molar-refractivity contribution in [3.63, 3.8) is 0 Å². The quantitative estimate of drug-likeness (QED) is 0.371. The number of unbranched alkanes of at least 4 members (excludes halogenated alkanes) is 1. The van der Waals surface area contributed by atoms with Gasteiger partial charge < -0.3 is 0 Å². The molecule has 0 fully saturated rings. The molecule has 0 spiro atoms. The van der Waals surface area contributed by atoms with Crippen LogP contribution in [0.25, 0.3) is 0 Å². The Morgan fingerprint density at radius 2 is 1.57 bits per heavy atom. The number of nitrogens with zero attached hydrogens (tertiary/aromatic N) is 1. The van der Waals surface area contributed by atoms with Gasteiger partial charge in [-0.05, 0) is 27.2 Å². The van der Waals surface area contributed by atoms with Crippen LogP contribution in [-0.2, 0) is 0 Å². The average molecular weight is 214 g/mol. The lowest BCUT2D eigenvalue weighted by Gasteiger charge is -2.27. The zero-order valence-electron chi connectivity index (χ0n) is 10.1. The maximum atomic E-state index is 3.39. The summed E-state index contributed by atoms with van der Waals surface area (Å²) >= 11 is 1.77. The monoisotopic (exact) mass is 214 g/mol. The van der Waals surface area contributed by atoms with E-state index in [1.54, 1.807) is 11.8 Å². The molecule has 1 nitrogen and oxygen atoms in total. The van der Waals surface area contributed by atoms with E-state index in [0.717, 1.165) is 24.1 Å². The number of hydrogen-bond acceptors (Lipinski definition) is 1. The molecule has 0 N–H and O–H groups in total.